The highest BCUT2D eigenvalue weighted by molar-refractivity contribution is 5.94. The van der Waals surface area contributed by atoms with Crippen molar-refractivity contribution in [3.05, 3.63) is 23.1 Å². The van der Waals surface area contributed by atoms with Gasteiger partial charge in [-0.05, 0) is 37.9 Å². The van der Waals surface area contributed by atoms with Crippen LogP contribution in [0.4, 0.5) is 0 Å². The first-order chi connectivity index (χ1) is 9.66. The fourth-order valence-corrected chi connectivity index (χ4v) is 2.73. The summed E-state index contributed by atoms with van der Waals surface area (Å²) in [4.78, 5) is 14.5. The second kappa shape index (κ2) is 6.98. The maximum absolute atomic E-state index is 12.4. The predicted molar refractivity (Wildman–Crippen MR) is 85.4 cm³/mol. The van der Waals surface area contributed by atoms with Crippen LogP contribution in [-0.4, -0.2) is 45.1 Å². The largest absolute Gasteiger partial charge is 0.495 e. The molecule has 3 N–H and O–H groups in total. The van der Waals surface area contributed by atoms with E-state index in [1.54, 1.807) is 13.2 Å². The summed E-state index contributed by atoms with van der Waals surface area (Å²) in [6.07, 6.45) is 2.42. The molecule has 0 aromatic heterocycles. The minimum Gasteiger partial charge on any atom is -0.495 e. The van der Waals surface area contributed by atoms with E-state index in [-0.39, 0.29) is 17.2 Å². The molecular weight excluding hydrogens is 266 g/mol. The van der Waals surface area contributed by atoms with Gasteiger partial charge in [0.2, 0.25) is 5.91 Å². The zero-order chi connectivity index (χ0) is 16.2. The molecule has 0 aromatic carbocycles. The first kappa shape index (κ1) is 17.6. The Bertz CT molecular complexity index is 450. The van der Waals surface area contributed by atoms with Gasteiger partial charge < -0.3 is 20.7 Å². The lowest BCUT2D eigenvalue weighted by Crippen LogP contribution is -2.41. The zero-order valence-corrected chi connectivity index (χ0v) is 14.1. The van der Waals surface area contributed by atoms with E-state index in [0.717, 1.165) is 12.1 Å². The molecule has 0 aliphatic heterocycles. The molecule has 0 spiro atoms. The molecule has 1 atom stereocenters. The lowest BCUT2D eigenvalue weighted by molar-refractivity contribution is -0.118. The molecule has 1 aliphatic rings. The number of rotatable bonds is 6. The van der Waals surface area contributed by atoms with Crippen molar-refractivity contribution < 1.29 is 9.53 Å². The number of methoxy groups -OCH3 is 1. The summed E-state index contributed by atoms with van der Waals surface area (Å²) in [5.74, 6) is 0.683. The van der Waals surface area contributed by atoms with E-state index in [1.165, 1.54) is 0 Å². The van der Waals surface area contributed by atoms with E-state index in [2.05, 4.69) is 24.1 Å². The average Bonchev–Trinajstić information content (AvgIpc) is 2.35. The minimum absolute atomic E-state index is 0.0244. The minimum atomic E-state index is -0.0311. The number of nitrogens with zero attached hydrogens (tertiary/aromatic N) is 1. The van der Waals surface area contributed by atoms with Crippen LogP contribution < -0.4 is 11.1 Å². The van der Waals surface area contributed by atoms with Gasteiger partial charge in [-0.2, -0.15) is 0 Å². The molecule has 1 aliphatic carbocycles. The van der Waals surface area contributed by atoms with Gasteiger partial charge in [0.05, 0.1) is 12.8 Å². The molecule has 21 heavy (non-hydrogen) atoms. The molecular formula is C16H29N3O2. The van der Waals surface area contributed by atoms with Gasteiger partial charge in [0.1, 0.15) is 5.76 Å². The van der Waals surface area contributed by atoms with Gasteiger partial charge in [-0.15, -0.1) is 0 Å². The maximum atomic E-state index is 12.4. The standard InChI is InChI=1S/C16H29N3O2/c1-11-7-13(17)14(21-6)8-12(11)15(20)18-9-16(2,3)10-19(4)5/h8,11H,7,9-10,17H2,1-6H3,(H,18,20). The fourth-order valence-electron chi connectivity index (χ4n) is 2.73. The molecule has 0 aromatic rings. The molecule has 1 unspecified atom stereocenters. The Hall–Kier alpha value is -1.49. The van der Waals surface area contributed by atoms with E-state index in [4.69, 9.17) is 10.5 Å². The van der Waals surface area contributed by atoms with Crippen LogP contribution in [0, 0.1) is 11.3 Å². The van der Waals surface area contributed by atoms with Crippen LogP contribution >= 0.6 is 0 Å². The van der Waals surface area contributed by atoms with Crippen molar-refractivity contribution in [2.24, 2.45) is 17.1 Å². The Morgan fingerprint density at radius 3 is 2.67 bits per heavy atom. The van der Waals surface area contributed by atoms with Crippen LogP contribution in [0.2, 0.25) is 0 Å². The molecule has 5 heteroatoms. The molecule has 120 valence electrons. The van der Waals surface area contributed by atoms with E-state index in [9.17, 15) is 4.79 Å². The zero-order valence-electron chi connectivity index (χ0n) is 14.1. The number of amides is 1. The Morgan fingerprint density at radius 2 is 2.14 bits per heavy atom. The molecule has 0 heterocycles. The Morgan fingerprint density at radius 1 is 1.52 bits per heavy atom. The number of carbonyl (C=O) groups excluding carboxylic acids is 1. The number of hydrogen-bond donors (Lipinski definition) is 2. The van der Waals surface area contributed by atoms with Crippen LogP contribution in [0.15, 0.2) is 23.1 Å². The Kier molecular flexibility index (Phi) is 5.84. The average molecular weight is 295 g/mol. The monoisotopic (exact) mass is 295 g/mol. The number of carbonyl (C=O) groups is 1. The molecule has 1 amide bonds. The summed E-state index contributed by atoms with van der Waals surface area (Å²) >= 11 is 0. The number of ether oxygens (including phenoxy) is 1. The molecule has 0 radical (unpaired) electrons. The predicted octanol–water partition coefficient (Wildman–Crippen LogP) is 1.47. The normalized spacial score (nSPS) is 19.6. The summed E-state index contributed by atoms with van der Waals surface area (Å²) in [5.41, 5.74) is 7.38. The van der Waals surface area contributed by atoms with Gasteiger partial charge in [-0.3, -0.25) is 4.79 Å². The van der Waals surface area contributed by atoms with Gasteiger partial charge in [0.25, 0.3) is 0 Å². The van der Waals surface area contributed by atoms with Gasteiger partial charge in [0, 0.05) is 18.7 Å². The SMILES string of the molecule is COC1=C(N)CC(C)C(C(=O)NCC(C)(C)CN(C)C)=C1. The van der Waals surface area contributed by atoms with Crippen LogP contribution in [0.25, 0.3) is 0 Å². The summed E-state index contributed by atoms with van der Waals surface area (Å²) in [5, 5.41) is 3.04. The first-order valence-corrected chi connectivity index (χ1v) is 7.33. The van der Waals surface area contributed by atoms with E-state index in [1.807, 2.05) is 21.0 Å². The third kappa shape index (κ3) is 5.08. The number of nitrogens with two attached hydrogens (primary N) is 1. The summed E-state index contributed by atoms with van der Waals surface area (Å²) in [6, 6.07) is 0. The highest BCUT2D eigenvalue weighted by Gasteiger charge is 2.26. The van der Waals surface area contributed by atoms with Gasteiger partial charge in [-0.25, -0.2) is 0 Å². The van der Waals surface area contributed by atoms with Gasteiger partial charge in [0.15, 0.2) is 0 Å². The lowest BCUT2D eigenvalue weighted by Gasteiger charge is -2.29. The molecule has 5 nitrogen and oxygen atoms in total. The van der Waals surface area contributed by atoms with Crippen molar-refractivity contribution in [3.8, 4) is 0 Å². The van der Waals surface area contributed by atoms with E-state index >= 15 is 0 Å². The first-order valence-electron chi connectivity index (χ1n) is 7.33. The smallest absolute Gasteiger partial charge is 0.247 e. The Balaban J connectivity index is 2.71. The van der Waals surface area contributed by atoms with Crippen LogP contribution in [0.5, 0.6) is 0 Å². The van der Waals surface area contributed by atoms with E-state index in [0.29, 0.717) is 24.4 Å². The van der Waals surface area contributed by atoms with Crippen molar-refractivity contribution in [1.82, 2.24) is 10.2 Å². The third-order valence-corrected chi connectivity index (χ3v) is 3.61. The number of allylic oxidation sites excluding steroid dienone is 2. The van der Waals surface area contributed by atoms with Crippen molar-refractivity contribution in [2.45, 2.75) is 27.2 Å². The van der Waals surface area contributed by atoms with Crippen molar-refractivity contribution >= 4 is 5.91 Å². The van der Waals surface area contributed by atoms with Crippen LogP contribution in [-0.2, 0) is 9.53 Å². The molecule has 0 saturated heterocycles. The van der Waals surface area contributed by atoms with Crippen LogP contribution in [0.3, 0.4) is 0 Å². The fraction of sp³-hybridized carbons (Fsp3) is 0.688. The van der Waals surface area contributed by atoms with Crippen molar-refractivity contribution in [2.75, 3.05) is 34.3 Å². The van der Waals surface area contributed by atoms with Crippen molar-refractivity contribution in [1.29, 1.82) is 0 Å². The lowest BCUT2D eigenvalue weighted by atomic mass is 9.89. The highest BCUT2D eigenvalue weighted by Crippen LogP contribution is 2.27. The Labute approximate surface area is 128 Å². The van der Waals surface area contributed by atoms with Crippen LogP contribution in [0.1, 0.15) is 27.2 Å². The summed E-state index contributed by atoms with van der Waals surface area (Å²) < 4.78 is 5.22. The second-order valence-corrected chi connectivity index (χ2v) is 6.88. The number of nitrogens with one attached hydrogen (secondary N) is 1. The number of hydrogen-bond acceptors (Lipinski definition) is 4. The van der Waals surface area contributed by atoms with Gasteiger partial charge in [-0.1, -0.05) is 20.8 Å². The molecule has 0 saturated carbocycles. The third-order valence-electron chi connectivity index (χ3n) is 3.61. The highest BCUT2D eigenvalue weighted by atomic mass is 16.5. The van der Waals surface area contributed by atoms with E-state index < -0.39 is 0 Å². The maximum Gasteiger partial charge on any atom is 0.247 e. The second-order valence-electron chi connectivity index (χ2n) is 6.88. The molecule has 0 fully saturated rings. The van der Waals surface area contributed by atoms with Gasteiger partial charge >= 0.3 is 0 Å². The molecule has 1 rings (SSSR count). The summed E-state index contributed by atoms with van der Waals surface area (Å²) in [7, 11) is 5.64. The summed E-state index contributed by atoms with van der Waals surface area (Å²) in [6.45, 7) is 7.85. The topological polar surface area (TPSA) is 67.6 Å². The molecule has 0 bridgehead atoms. The van der Waals surface area contributed by atoms with Crippen molar-refractivity contribution in [3.63, 3.8) is 0 Å². The quantitative estimate of drug-likeness (QED) is 0.779.